The third-order valence-corrected chi connectivity index (χ3v) is 4.99. The fourth-order valence-corrected chi connectivity index (χ4v) is 3.36. The number of hydrogen-bond acceptors (Lipinski definition) is 2. The lowest BCUT2D eigenvalue weighted by Gasteiger charge is -2.26. The van der Waals surface area contributed by atoms with Gasteiger partial charge in [0.2, 0.25) is 11.8 Å². The molecule has 140 valence electrons. The molecule has 0 saturated carbocycles. The van der Waals surface area contributed by atoms with E-state index in [0.29, 0.717) is 23.8 Å². The summed E-state index contributed by atoms with van der Waals surface area (Å²) in [6, 6.07) is 0.440. The zero-order valence-electron chi connectivity index (χ0n) is 16.4. The van der Waals surface area contributed by atoms with Crippen LogP contribution >= 0.6 is 0 Å². The highest BCUT2D eigenvalue weighted by Crippen LogP contribution is 2.15. The van der Waals surface area contributed by atoms with Crippen molar-refractivity contribution in [3.05, 3.63) is 0 Å². The smallest absolute Gasteiger partial charge is 0.222 e. The molecule has 1 unspecified atom stereocenters. The van der Waals surface area contributed by atoms with E-state index in [2.05, 4.69) is 27.7 Å². The second-order valence-electron chi connectivity index (χ2n) is 7.70. The van der Waals surface area contributed by atoms with Crippen LogP contribution in [-0.4, -0.2) is 47.3 Å². The van der Waals surface area contributed by atoms with Crippen molar-refractivity contribution in [3.8, 4) is 0 Å². The van der Waals surface area contributed by atoms with Crippen LogP contribution in [0.4, 0.5) is 0 Å². The molecule has 0 aromatic heterocycles. The standard InChI is InChI=1S/2C10H19NO/c1-9(2)8-11-7-5-3-4-6-10(11)12;1-3-9(2)11-8-6-4-5-7-10(11)12/h2*9H,3-8H2,1-2H3. The molecule has 2 heterocycles. The van der Waals surface area contributed by atoms with Crippen molar-refractivity contribution in [3.63, 3.8) is 0 Å². The number of amides is 2. The van der Waals surface area contributed by atoms with Gasteiger partial charge >= 0.3 is 0 Å². The second kappa shape index (κ2) is 11.5. The largest absolute Gasteiger partial charge is 0.342 e. The lowest BCUT2D eigenvalue weighted by molar-refractivity contribution is -0.133. The summed E-state index contributed by atoms with van der Waals surface area (Å²) in [5, 5.41) is 0. The fourth-order valence-electron chi connectivity index (χ4n) is 3.36. The molecule has 2 saturated heterocycles. The highest BCUT2D eigenvalue weighted by atomic mass is 16.2. The van der Waals surface area contributed by atoms with Crippen LogP contribution in [0.1, 0.15) is 85.5 Å². The Morgan fingerprint density at radius 2 is 1.42 bits per heavy atom. The van der Waals surface area contributed by atoms with Gasteiger partial charge in [0.25, 0.3) is 0 Å². The summed E-state index contributed by atoms with van der Waals surface area (Å²) in [4.78, 5) is 27.1. The van der Waals surface area contributed by atoms with Crippen molar-refractivity contribution in [2.24, 2.45) is 5.92 Å². The first-order chi connectivity index (χ1) is 11.5. The first-order valence-corrected chi connectivity index (χ1v) is 10.0. The van der Waals surface area contributed by atoms with Crippen molar-refractivity contribution in [1.29, 1.82) is 0 Å². The Labute approximate surface area is 149 Å². The molecule has 2 aliphatic rings. The van der Waals surface area contributed by atoms with Crippen molar-refractivity contribution in [1.82, 2.24) is 9.80 Å². The van der Waals surface area contributed by atoms with E-state index >= 15 is 0 Å². The second-order valence-corrected chi connectivity index (χ2v) is 7.70. The molecular weight excluding hydrogens is 300 g/mol. The first-order valence-electron chi connectivity index (χ1n) is 10.0. The van der Waals surface area contributed by atoms with Gasteiger partial charge in [-0.3, -0.25) is 9.59 Å². The van der Waals surface area contributed by atoms with Crippen LogP contribution in [0.15, 0.2) is 0 Å². The van der Waals surface area contributed by atoms with Crippen LogP contribution < -0.4 is 0 Å². The van der Waals surface area contributed by atoms with Gasteiger partial charge in [-0.05, 0) is 44.9 Å². The minimum absolute atomic E-state index is 0.362. The monoisotopic (exact) mass is 338 g/mol. The predicted octanol–water partition coefficient (Wildman–Crippen LogP) is 4.23. The van der Waals surface area contributed by atoms with Gasteiger partial charge < -0.3 is 9.80 Å². The average molecular weight is 339 g/mol. The Morgan fingerprint density at radius 3 is 2.00 bits per heavy atom. The van der Waals surface area contributed by atoms with Crippen LogP contribution in [0.2, 0.25) is 0 Å². The molecule has 0 bridgehead atoms. The SMILES string of the molecule is CC(C)CN1CCCCCC1=O.CCC(C)N1CCCCCC1=O. The van der Waals surface area contributed by atoms with Crippen molar-refractivity contribution >= 4 is 11.8 Å². The molecule has 4 nitrogen and oxygen atoms in total. The number of rotatable bonds is 4. The Balaban J connectivity index is 0.000000240. The average Bonchev–Trinajstić information content (AvgIpc) is 2.88. The van der Waals surface area contributed by atoms with Crippen LogP contribution in [0.25, 0.3) is 0 Å². The van der Waals surface area contributed by atoms with E-state index in [0.717, 1.165) is 51.7 Å². The van der Waals surface area contributed by atoms with Crippen LogP contribution in [0.3, 0.4) is 0 Å². The zero-order valence-corrected chi connectivity index (χ0v) is 16.4. The van der Waals surface area contributed by atoms with E-state index in [1.165, 1.54) is 25.7 Å². The number of carbonyl (C=O) groups excluding carboxylic acids is 2. The van der Waals surface area contributed by atoms with Crippen LogP contribution in [0, 0.1) is 5.92 Å². The van der Waals surface area contributed by atoms with Gasteiger partial charge in [-0.25, -0.2) is 0 Å². The van der Waals surface area contributed by atoms with Crippen LogP contribution in [-0.2, 0) is 9.59 Å². The van der Waals surface area contributed by atoms with E-state index in [1.54, 1.807) is 0 Å². The number of hydrogen-bond donors (Lipinski definition) is 0. The summed E-state index contributed by atoms with van der Waals surface area (Å²) >= 11 is 0. The van der Waals surface area contributed by atoms with Gasteiger partial charge in [-0.1, -0.05) is 33.6 Å². The molecule has 2 rings (SSSR count). The summed E-state index contributed by atoms with van der Waals surface area (Å²) in [6.45, 7) is 11.5. The summed E-state index contributed by atoms with van der Waals surface area (Å²) < 4.78 is 0. The number of nitrogens with zero attached hydrogens (tertiary/aromatic N) is 2. The van der Waals surface area contributed by atoms with E-state index < -0.39 is 0 Å². The number of carbonyl (C=O) groups is 2. The van der Waals surface area contributed by atoms with E-state index in [9.17, 15) is 9.59 Å². The van der Waals surface area contributed by atoms with E-state index in [1.807, 2.05) is 9.80 Å². The first kappa shape index (κ1) is 21.0. The van der Waals surface area contributed by atoms with Gasteiger partial charge in [0.15, 0.2) is 0 Å². The highest BCUT2D eigenvalue weighted by molar-refractivity contribution is 5.76. The molecular formula is C20H38N2O2. The van der Waals surface area contributed by atoms with Crippen molar-refractivity contribution < 1.29 is 9.59 Å². The molecule has 0 aromatic carbocycles. The molecule has 24 heavy (non-hydrogen) atoms. The van der Waals surface area contributed by atoms with Gasteiger partial charge in [-0.2, -0.15) is 0 Å². The molecule has 1 atom stereocenters. The van der Waals surface area contributed by atoms with Gasteiger partial charge in [-0.15, -0.1) is 0 Å². The Morgan fingerprint density at radius 1 is 0.833 bits per heavy atom. The molecule has 2 amide bonds. The van der Waals surface area contributed by atoms with Crippen LogP contribution in [0.5, 0.6) is 0 Å². The van der Waals surface area contributed by atoms with E-state index in [4.69, 9.17) is 0 Å². The Bertz CT molecular complexity index is 382. The third kappa shape index (κ3) is 7.67. The van der Waals surface area contributed by atoms with E-state index in [-0.39, 0.29) is 0 Å². The summed E-state index contributed by atoms with van der Waals surface area (Å²) in [5.74, 6) is 1.33. The highest BCUT2D eigenvalue weighted by Gasteiger charge is 2.20. The topological polar surface area (TPSA) is 40.6 Å². The quantitative estimate of drug-likeness (QED) is 0.769. The fraction of sp³-hybridized carbons (Fsp3) is 0.900. The summed E-state index contributed by atoms with van der Waals surface area (Å²) in [5.41, 5.74) is 0. The molecule has 0 aromatic rings. The molecule has 2 fully saturated rings. The lowest BCUT2D eigenvalue weighted by atomic mass is 10.2. The molecule has 4 heteroatoms. The van der Waals surface area contributed by atoms with Crippen molar-refractivity contribution in [2.75, 3.05) is 19.6 Å². The molecule has 2 aliphatic heterocycles. The molecule has 0 spiro atoms. The van der Waals surface area contributed by atoms with Gasteiger partial charge in [0.05, 0.1) is 0 Å². The lowest BCUT2D eigenvalue weighted by Crippen LogP contribution is -2.37. The van der Waals surface area contributed by atoms with Gasteiger partial charge in [0, 0.05) is 38.5 Å². The normalized spacial score (nSPS) is 21.0. The minimum atomic E-state index is 0.362. The minimum Gasteiger partial charge on any atom is -0.342 e. The predicted molar refractivity (Wildman–Crippen MR) is 99.8 cm³/mol. The maximum absolute atomic E-state index is 11.5. The molecule has 0 radical (unpaired) electrons. The molecule has 0 aliphatic carbocycles. The number of likely N-dealkylation sites (tertiary alicyclic amines) is 2. The molecule has 0 N–H and O–H groups in total. The van der Waals surface area contributed by atoms with Gasteiger partial charge in [0.1, 0.15) is 0 Å². The maximum atomic E-state index is 11.5. The Hall–Kier alpha value is -1.06. The van der Waals surface area contributed by atoms with Crippen molar-refractivity contribution in [2.45, 2.75) is 91.5 Å². The maximum Gasteiger partial charge on any atom is 0.222 e. The summed E-state index contributed by atoms with van der Waals surface area (Å²) in [6.07, 6.45) is 9.62. The Kier molecular flexibility index (Phi) is 10.0. The summed E-state index contributed by atoms with van der Waals surface area (Å²) in [7, 11) is 0. The third-order valence-electron chi connectivity index (χ3n) is 4.99. The zero-order chi connectivity index (χ0) is 17.9.